The fraction of sp³-hybridized carbons (Fsp3) is 0.316. The SMILES string of the molecule is CN(C)C(=NCc1ccccc1)NCC1COc2ccccc2O1. The number of guanidine groups is 1. The Kier molecular flexibility index (Phi) is 5.21. The van der Waals surface area contributed by atoms with Crippen molar-refractivity contribution in [3.05, 3.63) is 60.2 Å². The summed E-state index contributed by atoms with van der Waals surface area (Å²) in [5, 5.41) is 3.36. The molecule has 24 heavy (non-hydrogen) atoms. The summed E-state index contributed by atoms with van der Waals surface area (Å²) in [6.07, 6.45) is -0.0400. The van der Waals surface area contributed by atoms with E-state index in [0.717, 1.165) is 17.5 Å². The molecular weight excluding hydrogens is 302 g/mol. The van der Waals surface area contributed by atoms with Gasteiger partial charge in [0.05, 0.1) is 13.1 Å². The van der Waals surface area contributed by atoms with Gasteiger partial charge < -0.3 is 19.7 Å². The van der Waals surface area contributed by atoms with Gasteiger partial charge in [-0.15, -0.1) is 0 Å². The van der Waals surface area contributed by atoms with E-state index in [1.165, 1.54) is 5.56 Å². The quantitative estimate of drug-likeness (QED) is 0.693. The van der Waals surface area contributed by atoms with Crippen LogP contribution in [0.4, 0.5) is 0 Å². The molecule has 3 rings (SSSR count). The monoisotopic (exact) mass is 325 g/mol. The highest BCUT2D eigenvalue weighted by Crippen LogP contribution is 2.30. The molecule has 1 heterocycles. The number of nitrogens with zero attached hydrogens (tertiary/aromatic N) is 2. The number of nitrogens with one attached hydrogen (secondary N) is 1. The lowest BCUT2D eigenvalue weighted by molar-refractivity contribution is 0.0933. The predicted molar refractivity (Wildman–Crippen MR) is 95.6 cm³/mol. The number of para-hydroxylation sites is 2. The maximum atomic E-state index is 5.96. The van der Waals surface area contributed by atoms with Crippen LogP contribution in [0.15, 0.2) is 59.6 Å². The van der Waals surface area contributed by atoms with Gasteiger partial charge >= 0.3 is 0 Å². The zero-order valence-corrected chi connectivity index (χ0v) is 14.1. The van der Waals surface area contributed by atoms with Gasteiger partial charge in [-0.1, -0.05) is 42.5 Å². The van der Waals surface area contributed by atoms with E-state index >= 15 is 0 Å². The molecule has 0 aromatic heterocycles. The molecule has 5 heteroatoms. The molecule has 2 aromatic rings. The summed E-state index contributed by atoms with van der Waals surface area (Å²) in [4.78, 5) is 6.63. The summed E-state index contributed by atoms with van der Waals surface area (Å²) in [7, 11) is 3.95. The standard InChI is InChI=1S/C19H23N3O2/c1-22(2)19(20-12-15-8-4-3-5-9-15)21-13-16-14-23-17-10-6-7-11-18(17)24-16/h3-11,16H,12-14H2,1-2H3,(H,20,21). The molecule has 0 fully saturated rings. The number of fused-ring (bicyclic) bond motifs is 1. The van der Waals surface area contributed by atoms with E-state index in [4.69, 9.17) is 9.47 Å². The first-order valence-corrected chi connectivity index (χ1v) is 8.10. The van der Waals surface area contributed by atoms with Crippen molar-refractivity contribution in [3.8, 4) is 11.5 Å². The van der Waals surface area contributed by atoms with E-state index in [1.807, 2.05) is 61.5 Å². The van der Waals surface area contributed by atoms with Crippen molar-refractivity contribution in [2.24, 2.45) is 4.99 Å². The third kappa shape index (κ3) is 4.19. The number of hydrogen-bond acceptors (Lipinski definition) is 3. The second-order valence-corrected chi connectivity index (χ2v) is 5.90. The van der Waals surface area contributed by atoms with Gasteiger partial charge in [0.15, 0.2) is 17.5 Å². The van der Waals surface area contributed by atoms with Crippen LogP contribution in [0, 0.1) is 0 Å². The highest BCUT2D eigenvalue weighted by atomic mass is 16.6. The molecule has 0 saturated heterocycles. The minimum atomic E-state index is -0.0400. The van der Waals surface area contributed by atoms with Crippen molar-refractivity contribution >= 4 is 5.96 Å². The van der Waals surface area contributed by atoms with E-state index in [0.29, 0.717) is 19.7 Å². The Morgan fingerprint density at radius 2 is 1.79 bits per heavy atom. The summed E-state index contributed by atoms with van der Waals surface area (Å²) in [5.41, 5.74) is 1.19. The largest absolute Gasteiger partial charge is 0.486 e. The Labute approximate surface area is 142 Å². The highest BCUT2D eigenvalue weighted by molar-refractivity contribution is 5.79. The van der Waals surface area contributed by atoms with Gasteiger partial charge in [0, 0.05) is 14.1 Å². The van der Waals surface area contributed by atoms with Gasteiger partial charge in [0.25, 0.3) is 0 Å². The van der Waals surface area contributed by atoms with E-state index in [1.54, 1.807) is 0 Å². The van der Waals surface area contributed by atoms with E-state index in [2.05, 4.69) is 22.4 Å². The highest BCUT2D eigenvalue weighted by Gasteiger charge is 2.20. The third-order valence-electron chi connectivity index (χ3n) is 3.73. The minimum absolute atomic E-state index is 0.0400. The lowest BCUT2D eigenvalue weighted by Crippen LogP contribution is -2.45. The van der Waals surface area contributed by atoms with Crippen molar-refractivity contribution in [3.63, 3.8) is 0 Å². The molecule has 5 nitrogen and oxygen atoms in total. The Hall–Kier alpha value is -2.69. The predicted octanol–water partition coefficient (Wildman–Crippen LogP) is 2.53. The molecule has 1 N–H and O–H groups in total. The first kappa shape index (κ1) is 16.2. The van der Waals surface area contributed by atoms with Crippen LogP contribution in [-0.4, -0.2) is 44.2 Å². The second-order valence-electron chi connectivity index (χ2n) is 5.90. The van der Waals surface area contributed by atoms with Gasteiger partial charge in [-0.05, 0) is 17.7 Å². The molecule has 0 bridgehead atoms. The van der Waals surface area contributed by atoms with E-state index in [-0.39, 0.29) is 6.10 Å². The van der Waals surface area contributed by atoms with Crippen molar-refractivity contribution < 1.29 is 9.47 Å². The summed E-state index contributed by atoms with van der Waals surface area (Å²) in [6, 6.07) is 18.0. The summed E-state index contributed by atoms with van der Waals surface area (Å²) in [6.45, 7) is 1.82. The summed E-state index contributed by atoms with van der Waals surface area (Å²) in [5.74, 6) is 2.43. The maximum Gasteiger partial charge on any atom is 0.193 e. The zero-order valence-electron chi connectivity index (χ0n) is 14.1. The molecule has 1 atom stereocenters. The van der Waals surface area contributed by atoms with Crippen molar-refractivity contribution in [2.45, 2.75) is 12.6 Å². The van der Waals surface area contributed by atoms with Gasteiger partial charge in [0.1, 0.15) is 12.7 Å². The van der Waals surface area contributed by atoms with Crippen LogP contribution in [0.1, 0.15) is 5.56 Å². The molecule has 0 spiro atoms. The molecule has 126 valence electrons. The normalized spacial score (nSPS) is 16.6. The van der Waals surface area contributed by atoms with Crippen molar-refractivity contribution in [1.82, 2.24) is 10.2 Å². The smallest absolute Gasteiger partial charge is 0.193 e. The third-order valence-corrected chi connectivity index (χ3v) is 3.73. The average molecular weight is 325 g/mol. The van der Waals surface area contributed by atoms with Crippen molar-refractivity contribution in [1.29, 1.82) is 0 Å². The molecule has 1 aliphatic rings. The Balaban J connectivity index is 1.57. The number of rotatable bonds is 4. The summed E-state index contributed by atoms with van der Waals surface area (Å²) >= 11 is 0. The zero-order chi connectivity index (χ0) is 16.8. The van der Waals surface area contributed by atoms with Gasteiger partial charge in [0.2, 0.25) is 0 Å². The van der Waals surface area contributed by atoms with Crippen molar-refractivity contribution in [2.75, 3.05) is 27.2 Å². The Morgan fingerprint density at radius 1 is 1.08 bits per heavy atom. The van der Waals surface area contributed by atoms with Crippen LogP contribution >= 0.6 is 0 Å². The molecule has 0 amide bonds. The minimum Gasteiger partial charge on any atom is -0.486 e. The lowest BCUT2D eigenvalue weighted by atomic mass is 10.2. The molecule has 0 aliphatic carbocycles. The molecular formula is C19H23N3O2. The number of hydrogen-bond donors (Lipinski definition) is 1. The first-order chi connectivity index (χ1) is 11.7. The molecule has 2 aromatic carbocycles. The second kappa shape index (κ2) is 7.73. The fourth-order valence-electron chi connectivity index (χ4n) is 2.47. The molecule has 1 aliphatic heterocycles. The average Bonchev–Trinajstić information content (AvgIpc) is 2.62. The molecule has 1 unspecified atom stereocenters. The maximum absolute atomic E-state index is 5.96. The summed E-state index contributed by atoms with van der Waals surface area (Å²) < 4.78 is 11.7. The topological polar surface area (TPSA) is 46.1 Å². The lowest BCUT2D eigenvalue weighted by Gasteiger charge is -2.28. The van der Waals surface area contributed by atoms with Crippen LogP contribution in [0.25, 0.3) is 0 Å². The van der Waals surface area contributed by atoms with Gasteiger partial charge in [-0.2, -0.15) is 0 Å². The number of aliphatic imine (C=N–C) groups is 1. The van der Waals surface area contributed by atoms with Gasteiger partial charge in [-0.3, -0.25) is 0 Å². The Morgan fingerprint density at radius 3 is 2.54 bits per heavy atom. The van der Waals surface area contributed by atoms with Crippen LogP contribution in [0.3, 0.4) is 0 Å². The van der Waals surface area contributed by atoms with Crippen LogP contribution in [-0.2, 0) is 6.54 Å². The van der Waals surface area contributed by atoms with Crippen LogP contribution < -0.4 is 14.8 Å². The fourth-order valence-corrected chi connectivity index (χ4v) is 2.47. The van der Waals surface area contributed by atoms with E-state index < -0.39 is 0 Å². The Bertz CT molecular complexity index is 686. The molecule has 0 radical (unpaired) electrons. The van der Waals surface area contributed by atoms with Gasteiger partial charge in [-0.25, -0.2) is 4.99 Å². The first-order valence-electron chi connectivity index (χ1n) is 8.10. The molecule has 0 saturated carbocycles. The number of ether oxygens (including phenoxy) is 2. The van der Waals surface area contributed by atoms with E-state index in [9.17, 15) is 0 Å². The van der Waals surface area contributed by atoms with Crippen LogP contribution in [0.5, 0.6) is 11.5 Å². The number of benzene rings is 2. The van der Waals surface area contributed by atoms with Crippen LogP contribution in [0.2, 0.25) is 0 Å².